The molecule has 3 saturated heterocycles. The van der Waals surface area contributed by atoms with Crippen LogP contribution in [0.2, 0.25) is 0 Å². The second kappa shape index (κ2) is 28.4. The van der Waals surface area contributed by atoms with E-state index in [4.69, 9.17) is 14.2 Å². The highest BCUT2D eigenvalue weighted by Crippen LogP contribution is 2.65. The summed E-state index contributed by atoms with van der Waals surface area (Å²) in [5.41, 5.74) is -0.442. The number of phenols is 2. The third-order valence-electron chi connectivity index (χ3n) is 22.1. The number of aromatic hydroxyl groups is 2. The molecule has 1 amide bonds. The van der Waals surface area contributed by atoms with Crippen molar-refractivity contribution in [3.05, 3.63) is 53.1 Å². The summed E-state index contributed by atoms with van der Waals surface area (Å²) in [5, 5.41) is 78.8. The number of phenolic OH excluding ortho intramolecular Hbond substituents is 2. The van der Waals surface area contributed by atoms with E-state index in [2.05, 4.69) is 40.8 Å². The molecule has 0 unspecified atom stereocenters. The molecule has 17 heteroatoms. The lowest BCUT2D eigenvalue weighted by Crippen LogP contribution is -2.65. The molecule has 4 aliphatic heterocycles. The molecule has 0 radical (unpaired) electrons. The number of hydrogen-bond acceptors (Lipinski definition) is 16. The molecule has 2 aromatic carbocycles. The number of amides is 1. The minimum Gasteiger partial charge on any atom is -0.508 e. The number of hydrogen-bond donors (Lipinski definition) is 9. The van der Waals surface area contributed by atoms with E-state index in [1.54, 1.807) is 39.8 Å². The maximum absolute atomic E-state index is 15.9. The summed E-state index contributed by atoms with van der Waals surface area (Å²) in [4.78, 5) is 43.4. The molecule has 0 bridgehead atoms. The Labute approximate surface area is 513 Å². The van der Waals surface area contributed by atoms with Crippen LogP contribution in [-0.2, 0) is 30.3 Å². The van der Waals surface area contributed by atoms with Crippen molar-refractivity contribution in [1.82, 2.24) is 16.0 Å². The highest BCUT2D eigenvalue weighted by Gasteiger charge is 2.61. The SMILES string of the molecule is CC(=O)O[C@H]1C[C@@H](OC(=O)[C@@]23CCCC[C@@H]2CCC(=O)N3)C2(CCNCC2)[C@@H]2c3ccc(O)c4c3[C@H](C[C@@H]2C#CC[C@@H]2C[C@](C)(O)CSSC[C@@H](NC[C@H](Cc3ccc(O)cc3)C[C@H](C)CCCCO)[C@H](O)CC[C@@H]21)[C@H](C1(CO)CCCC1)CO4. The number of piperidine rings is 2. The Morgan fingerprint density at radius 1 is 0.929 bits per heavy atom. The molecule has 2 saturated carbocycles. The Hall–Kier alpha value is -3.73. The van der Waals surface area contributed by atoms with Gasteiger partial charge in [0.05, 0.1) is 18.3 Å². The van der Waals surface area contributed by atoms with E-state index in [1.807, 2.05) is 19.1 Å². The number of esters is 2. The van der Waals surface area contributed by atoms with Crippen molar-refractivity contribution in [2.45, 2.75) is 216 Å². The number of aliphatic hydroxyl groups excluding tert-OH is 3. The van der Waals surface area contributed by atoms with Crippen LogP contribution in [0.25, 0.3) is 0 Å². The second-order valence-corrected chi connectivity index (χ2v) is 30.4. The van der Waals surface area contributed by atoms with Gasteiger partial charge in [-0.3, -0.25) is 9.59 Å². The van der Waals surface area contributed by atoms with Gasteiger partial charge in [-0.15, -0.1) is 5.92 Å². The monoisotopic (exact) mass is 1210 g/mol. The van der Waals surface area contributed by atoms with Gasteiger partial charge in [-0.05, 0) is 175 Å². The highest BCUT2D eigenvalue weighted by molar-refractivity contribution is 8.76. The number of nitrogens with one attached hydrogen (secondary N) is 3. The third kappa shape index (κ3) is 14.5. The number of benzene rings is 2. The Morgan fingerprint density at radius 2 is 1.71 bits per heavy atom. The zero-order valence-corrected chi connectivity index (χ0v) is 52.5. The Kier molecular flexibility index (Phi) is 21.5. The number of carbonyl (C=O) groups is 3. The molecule has 5 fully saturated rings. The summed E-state index contributed by atoms with van der Waals surface area (Å²) in [6.45, 7) is 8.06. The normalized spacial score (nSPS) is 34.4. The van der Waals surface area contributed by atoms with Crippen molar-refractivity contribution in [3.63, 3.8) is 0 Å². The van der Waals surface area contributed by atoms with Gasteiger partial charge in [0.15, 0.2) is 11.5 Å². The summed E-state index contributed by atoms with van der Waals surface area (Å²) in [7, 11) is 3.25. The molecular weight excluding hydrogens is 1110 g/mol. The third-order valence-corrected chi connectivity index (χ3v) is 24.8. The second-order valence-electron chi connectivity index (χ2n) is 27.9. The van der Waals surface area contributed by atoms with Gasteiger partial charge in [-0.25, -0.2) is 4.79 Å². The van der Waals surface area contributed by atoms with Crippen molar-refractivity contribution in [2.24, 2.45) is 52.3 Å². The topological polar surface area (TPSA) is 236 Å². The molecule has 15 nitrogen and oxygen atoms in total. The van der Waals surface area contributed by atoms with Crippen LogP contribution < -0.4 is 20.7 Å². The number of fused-ring (bicyclic) bond motifs is 5. The van der Waals surface area contributed by atoms with E-state index >= 15 is 4.79 Å². The smallest absolute Gasteiger partial charge is 0.332 e. The van der Waals surface area contributed by atoms with Crippen LogP contribution in [-0.4, -0.2) is 135 Å². The van der Waals surface area contributed by atoms with Gasteiger partial charge in [0, 0.05) is 97.0 Å². The molecule has 85 heavy (non-hydrogen) atoms. The summed E-state index contributed by atoms with van der Waals surface area (Å²) in [6, 6.07) is 10.9. The van der Waals surface area contributed by atoms with Crippen molar-refractivity contribution in [2.75, 3.05) is 51.0 Å². The molecule has 4 heterocycles. The zero-order chi connectivity index (χ0) is 59.9. The van der Waals surface area contributed by atoms with Gasteiger partial charge in [0.1, 0.15) is 23.5 Å². The lowest BCUT2D eigenvalue weighted by atomic mass is 9.51. The summed E-state index contributed by atoms with van der Waals surface area (Å²) in [5.74, 6) is 7.50. The molecule has 4 aliphatic carbocycles. The Balaban J connectivity index is 1.06. The van der Waals surface area contributed by atoms with Crippen molar-refractivity contribution >= 4 is 39.4 Å². The number of aliphatic hydroxyl groups is 4. The fourth-order valence-electron chi connectivity index (χ4n) is 17.8. The van der Waals surface area contributed by atoms with E-state index in [0.29, 0.717) is 114 Å². The first kappa shape index (κ1) is 64.3. The number of ether oxygens (including phenoxy) is 3. The van der Waals surface area contributed by atoms with Gasteiger partial charge in [0.25, 0.3) is 0 Å². The molecule has 0 aromatic heterocycles. The molecule has 1 spiro atoms. The molecule has 15 atom stereocenters. The maximum atomic E-state index is 15.9. The quantitative estimate of drug-likeness (QED) is 0.0329. The van der Waals surface area contributed by atoms with Crippen LogP contribution in [0.3, 0.4) is 0 Å². The summed E-state index contributed by atoms with van der Waals surface area (Å²) in [6.07, 6.45) is 13.2. The predicted molar refractivity (Wildman–Crippen MR) is 332 cm³/mol. The van der Waals surface area contributed by atoms with Gasteiger partial charge in [-0.1, -0.05) is 91.2 Å². The average Bonchev–Trinajstić information content (AvgIpc) is 1.63. The first-order valence-corrected chi connectivity index (χ1v) is 35.2. The molecule has 8 aliphatic rings. The van der Waals surface area contributed by atoms with Crippen LogP contribution >= 0.6 is 21.6 Å². The zero-order valence-electron chi connectivity index (χ0n) is 50.8. The van der Waals surface area contributed by atoms with E-state index in [-0.39, 0.29) is 89.9 Å². The van der Waals surface area contributed by atoms with Crippen molar-refractivity contribution in [3.8, 4) is 29.1 Å². The summed E-state index contributed by atoms with van der Waals surface area (Å²) >= 11 is 0. The van der Waals surface area contributed by atoms with Gasteiger partial charge < -0.3 is 60.8 Å². The predicted octanol–water partition coefficient (Wildman–Crippen LogP) is 9.61. The molecule has 2 aromatic rings. The van der Waals surface area contributed by atoms with Crippen LogP contribution in [0.1, 0.15) is 191 Å². The first-order valence-electron chi connectivity index (χ1n) is 32.7. The van der Waals surface area contributed by atoms with Crippen molar-refractivity contribution < 1.29 is 59.2 Å². The first-order chi connectivity index (χ1) is 41.0. The van der Waals surface area contributed by atoms with Crippen molar-refractivity contribution in [1.29, 1.82) is 0 Å². The van der Waals surface area contributed by atoms with Crippen LogP contribution in [0.4, 0.5) is 0 Å². The van der Waals surface area contributed by atoms with Gasteiger partial charge in [0.2, 0.25) is 5.91 Å². The Morgan fingerprint density at radius 3 is 2.46 bits per heavy atom. The largest absolute Gasteiger partial charge is 0.508 e. The number of carbonyl (C=O) groups excluding carboxylic acids is 3. The van der Waals surface area contributed by atoms with Crippen LogP contribution in [0.15, 0.2) is 36.4 Å². The Bertz CT molecular complexity index is 2650. The minimum absolute atomic E-state index is 0.0285. The molecular formula is C68H99N3O12S2. The van der Waals surface area contributed by atoms with E-state index in [0.717, 1.165) is 93.7 Å². The van der Waals surface area contributed by atoms with E-state index in [1.165, 1.54) is 6.92 Å². The van der Waals surface area contributed by atoms with E-state index in [9.17, 15) is 40.2 Å². The van der Waals surface area contributed by atoms with Crippen LogP contribution in [0.5, 0.6) is 17.2 Å². The van der Waals surface area contributed by atoms with Crippen LogP contribution in [0, 0.1) is 64.1 Å². The molecule has 10 rings (SSSR count). The summed E-state index contributed by atoms with van der Waals surface area (Å²) < 4.78 is 20.9. The lowest BCUT2D eigenvalue weighted by molar-refractivity contribution is -0.183. The van der Waals surface area contributed by atoms with Gasteiger partial charge >= 0.3 is 11.9 Å². The molecule has 9 N–H and O–H groups in total. The molecule has 470 valence electrons. The highest BCUT2D eigenvalue weighted by atomic mass is 33.1. The lowest BCUT2D eigenvalue weighted by Gasteiger charge is -2.56. The fraction of sp³-hybridized carbons (Fsp3) is 0.750. The minimum atomic E-state index is -1.21. The maximum Gasteiger partial charge on any atom is 0.332 e. The number of rotatable bonds is 16. The number of unbranched alkanes of at least 4 members (excludes halogenated alkanes) is 1. The average molecular weight is 1210 g/mol. The fourth-order valence-corrected chi connectivity index (χ4v) is 20.6. The van der Waals surface area contributed by atoms with Gasteiger partial charge in [-0.2, -0.15) is 0 Å². The standard InChI is InChI=1S/C68H99N3O12S2/c1-43(11-5-9-32-72)33-46(34-45-15-18-50(75)19-16-45)38-70-55-40-84-85-42-65(3,80)37-48-13-10-12-47-35-53-54(66(41-73)25-7-8-26-66)39-81-63-57(77)23-21-52(61(53)63)62(47)67(28-30-69-31-29-67)59(36-58(82-44(2)74)51(48)20-22-56(55)76)83-64(79)68-27-6-4-14-49(68)17-24-60(78)71-68/h15-16,18-19,21,23,43,46-49,51,53-56,58-59,62,69-70,72-73,75-77,80H,4-9,11,13-14,17,20,22,24-42H2,1-3H3,(H,71,78)/t43-,46+,47+,48-,49-,51+,53-,54-,55-,56-,58+,59-,62+,65+,68-/m1/s1. The van der Waals surface area contributed by atoms with E-state index < -0.39 is 52.7 Å².